The molecule has 24 heteroatoms. The molecule has 0 radical (unpaired) electrons. The summed E-state index contributed by atoms with van der Waals surface area (Å²) in [5.74, 6) is -0.363. The monoisotopic (exact) mass is 1150 g/mol. The van der Waals surface area contributed by atoms with Crippen molar-refractivity contribution < 1.29 is 62.3 Å². The van der Waals surface area contributed by atoms with Gasteiger partial charge in [-0.05, 0) is 44.3 Å². The van der Waals surface area contributed by atoms with E-state index in [-0.39, 0.29) is 110 Å². The second kappa shape index (κ2) is 26.5. The van der Waals surface area contributed by atoms with Crippen LogP contribution in [-0.2, 0) is 40.2 Å². The van der Waals surface area contributed by atoms with Crippen LogP contribution in [0.5, 0.6) is 0 Å². The van der Waals surface area contributed by atoms with E-state index in [1.54, 1.807) is 6.08 Å². The maximum absolute atomic E-state index is 13.4. The van der Waals surface area contributed by atoms with Crippen molar-refractivity contribution in [3.05, 3.63) is 98.4 Å². The second-order valence-electron chi connectivity index (χ2n) is 21.3. The van der Waals surface area contributed by atoms with Crippen LogP contribution in [0.1, 0.15) is 130 Å². The normalized spacial score (nSPS) is 27.3. The van der Waals surface area contributed by atoms with Crippen LogP contribution in [0.2, 0.25) is 44.3 Å². The molecule has 72 heavy (non-hydrogen) atoms. The number of allylic oxidation sites excluding steroid dienone is 1. The van der Waals surface area contributed by atoms with Crippen molar-refractivity contribution >= 4 is 63.1 Å². The van der Waals surface area contributed by atoms with Crippen LogP contribution >= 0.6 is 0 Å². The van der Waals surface area contributed by atoms with Gasteiger partial charge in [0.1, 0.15) is 30.0 Å². The molecule has 6 rings (SSSR count). The number of ether oxygens (including phenoxy) is 2. The topological polar surface area (TPSA) is 221 Å². The summed E-state index contributed by atoms with van der Waals surface area (Å²) in [6.07, 6.45) is 0.526. The molecular formula is C48H83BrMgN4O14Si4. The predicted molar refractivity (Wildman–Crippen MR) is 284 cm³/mol. The van der Waals surface area contributed by atoms with Crippen molar-refractivity contribution in [1.29, 1.82) is 0 Å². The van der Waals surface area contributed by atoms with E-state index in [0.29, 0.717) is 0 Å². The molecule has 2 unspecified atom stereocenters. The van der Waals surface area contributed by atoms with Gasteiger partial charge in [0.25, 0.3) is 11.1 Å². The van der Waals surface area contributed by atoms with E-state index >= 15 is 0 Å². The summed E-state index contributed by atoms with van der Waals surface area (Å²) in [6.45, 7) is 44.4. The van der Waals surface area contributed by atoms with Crippen molar-refractivity contribution in [1.82, 2.24) is 19.1 Å². The molecule has 0 aromatic carbocycles. The molecular weight excluding hydrogens is 1070 g/mol. The van der Waals surface area contributed by atoms with Crippen LogP contribution < -0.4 is 39.5 Å². The number of carbonyl (C=O) groups is 1. The number of aromatic nitrogens is 4. The first kappa shape index (κ1) is 66.2. The third-order valence-electron chi connectivity index (χ3n) is 14.1. The number of Topliss-reactive ketones (excluding diaryl/α,β-unsaturated/α-hetero) is 1. The zero-order valence-electron chi connectivity index (χ0n) is 45.5. The summed E-state index contributed by atoms with van der Waals surface area (Å²) < 4.78 is 56.1. The minimum absolute atomic E-state index is 0. The molecule has 18 nitrogen and oxygen atoms in total. The van der Waals surface area contributed by atoms with Gasteiger partial charge in [-0.3, -0.25) is 33.5 Å². The van der Waals surface area contributed by atoms with E-state index in [4.69, 9.17) is 35.4 Å². The third-order valence-corrected chi connectivity index (χ3v) is 34.5. The molecule has 2 aromatic heterocycles. The quantitative estimate of drug-likeness (QED) is 0.154. The van der Waals surface area contributed by atoms with Crippen LogP contribution in [-0.4, -0.2) is 131 Å². The van der Waals surface area contributed by atoms with Crippen LogP contribution in [0, 0.1) is 6.92 Å². The molecule has 4 aliphatic heterocycles. The number of fused-ring (bicyclic) bond motifs is 2. The molecule has 4 aliphatic rings. The fraction of sp³-hybridized carbons (Fsp3) is 0.708. The zero-order chi connectivity index (χ0) is 53.1. The average Bonchev–Trinajstić information content (AvgIpc) is 3.67. The first-order chi connectivity index (χ1) is 32.5. The summed E-state index contributed by atoms with van der Waals surface area (Å²) in [7, 11) is -11.5. The van der Waals surface area contributed by atoms with Gasteiger partial charge in [0, 0.05) is 30.9 Å². The number of carbonyl (C=O) groups excluding carboxylic acids is 1. The van der Waals surface area contributed by atoms with E-state index in [1.165, 1.54) is 35.2 Å². The Hall–Kier alpha value is -1.87. The van der Waals surface area contributed by atoms with Crippen LogP contribution in [0.3, 0.4) is 0 Å². The fourth-order valence-corrected chi connectivity index (χ4v) is 32.8. The second-order valence-corrected chi connectivity index (χ2v) is 39.0. The van der Waals surface area contributed by atoms with Crippen LogP contribution in [0.25, 0.3) is 0 Å². The Bertz CT molecular complexity index is 2330. The molecule has 0 aliphatic carbocycles. The maximum atomic E-state index is 13.4. The summed E-state index contributed by atoms with van der Waals surface area (Å²) in [4.78, 5) is 66.0. The van der Waals surface area contributed by atoms with Gasteiger partial charge < -0.3 is 57.5 Å². The standard InChI is InChI=1S/C24H42N2O7Si2.C21H36N2O7Si2.C3H5.BrH.Mg/c1-10-12-24(29)21-19(31-22(24)26-13-11-20(27)25-23(26)28)14-30-34(15(2)3,16(4)5)33-35(32-21,17(6)7)18(8)9;1-12(2)31(13(3)4)27-11-16-19(29-32(30-31,14(5)6)15(7)8)18(25)20(28-16)23-10-9-17(24)22-21(23)26;1-3-2;;/h10-11,13,15-19,21-22,29H,1,12,14H2,2-9H3,(H,25,27,28);9-10,12-16,19-20H,11H2,1-8H3,(H,22,24,26);3H,1-2H2;1H;/q;;-1;;+2/p-1/t19-,21?,22-,24+;16-,19?,20-;;;/m11.../s1. The minimum Gasteiger partial charge on any atom is -1.00 e. The molecule has 6 heterocycles. The Morgan fingerprint density at radius 2 is 1.03 bits per heavy atom. The van der Waals surface area contributed by atoms with Gasteiger partial charge in [-0.25, -0.2) is 29.2 Å². The molecule has 2 aromatic rings. The number of nitrogens with one attached hydrogen (secondary N) is 2. The number of aliphatic hydroxyl groups is 1. The van der Waals surface area contributed by atoms with Crippen molar-refractivity contribution in [3.63, 3.8) is 0 Å². The minimum atomic E-state index is -3.02. The number of nitrogens with zero attached hydrogens (tertiary/aromatic N) is 2. The molecule has 4 fully saturated rings. The number of hydrogen-bond donors (Lipinski definition) is 3. The first-order valence-electron chi connectivity index (χ1n) is 24.8. The van der Waals surface area contributed by atoms with Gasteiger partial charge in [-0.2, -0.15) is 0 Å². The summed E-state index contributed by atoms with van der Waals surface area (Å²) in [6, 6.07) is 2.42. The average molecular weight is 1160 g/mol. The van der Waals surface area contributed by atoms with Gasteiger partial charge in [0.2, 0.25) is 5.78 Å². The Balaban J connectivity index is 0.000000457. The van der Waals surface area contributed by atoms with Gasteiger partial charge in [0.05, 0.1) is 13.2 Å². The zero-order valence-corrected chi connectivity index (χ0v) is 52.5. The predicted octanol–water partition coefficient (Wildman–Crippen LogP) is 4.29. The number of halogens is 1. The van der Waals surface area contributed by atoms with Crippen molar-refractivity contribution in [3.8, 4) is 0 Å². The molecule has 3 N–H and O–H groups in total. The van der Waals surface area contributed by atoms with E-state index in [9.17, 15) is 29.1 Å². The van der Waals surface area contributed by atoms with Crippen LogP contribution in [0.4, 0.5) is 0 Å². The third kappa shape index (κ3) is 12.9. The molecule has 4 saturated heterocycles. The van der Waals surface area contributed by atoms with Crippen molar-refractivity contribution in [2.24, 2.45) is 0 Å². The largest absolute Gasteiger partial charge is 2.00 e. The van der Waals surface area contributed by atoms with E-state index in [1.807, 2.05) is 0 Å². The number of aromatic amines is 2. The summed E-state index contributed by atoms with van der Waals surface area (Å²) in [5, 5.41) is 12.1. The van der Waals surface area contributed by atoms with E-state index < -0.39 is 99.2 Å². The molecule has 0 amide bonds. The van der Waals surface area contributed by atoms with Gasteiger partial charge in [-0.1, -0.05) is 117 Å². The molecule has 404 valence electrons. The number of rotatable bonds is 12. The van der Waals surface area contributed by atoms with Gasteiger partial charge in [0.15, 0.2) is 12.5 Å². The first-order valence-corrected chi connectivity index (χ1v) is 32.6. The fourth-order valence-electron chi connectivity index (χ4n) is 10.4. The van der Waals surface area contributed by atoms with Gasteiger partial charge >= 0.3 is 68.7 Å². The number of hydrogen-bond acceptors (Lipinski definition) is 14. The van der Waals surface area contributed by atoms with E-state index in [0.717, 1.165) is 4.57 Å². The SMILES string of the molecule is C=CC[C@]1(O)C2O[Si](C(C)C)(C(C)C)O[Si](C(C)C)(C(C)C)OC[C@H]2O[C@H]1n1ccc(=O)[nH]c1=O.C=C[CH2-].CC(C)[Si]1(C(C)C)OC[C@H]2O[C@@H](n3ccc(=O)[nH]c3=O)C(=O)C2O[Si](C(C)C)(C(C)C)O1.[Br-].[Mg+2]. The van der Waals surface area contributed by atoms with Crippen LogP contribution in [0.15, 0.2) is 69.0 Å². The Morgan fingerprint density at radius 1 is 0.653 bits per heavy atom. The maximum Gasteiger partial charge on any atom is 2.00 e. The Labute approximate surface area is 457 Å². The van der Waals surface area contributed by atoms with E-state index in [2.05, 4.69) is 141 Å². The van der Waals surface area contributed by atoms with Crippen molar-refractivity contribution in [2.75, 3.05) is 13.2 Å². The Morgan fingerprint density at radius 3 is 1.40 bits per heavy atom. The molecule has 0 saturated carbocycles. The van der Waals surface area contributed by atoms with Gasteiger partial charge in [-0.15, -0.1) is 6.58 Å². The smallest absolute Gasteiger partial charge is 1.00 e. The van der Waals surface area contributed by atoms with Crippen molar-refractivity contribution in [2.45, 2.75) is 204 Å². The number of H-pyrrole nitrogens is 2. The number of ketones is 1. The molecule has 0 spiro atoms. The summed E-state index contributed by atoms with van der Waals surface area (Å²) >= 11 is 0. The summed E-state index contributed by atoms with van der Waals surface area (Å²) in [5.41, 5.74) is -3.12. The molecule has 7 atom stereocenters. The Kier molecular flexibility index (Phi) is 24.3. The molecule has 0 bridgehead atoms.